The van der Waals surface area contributed by atoms with Crippen LogP contribution in [0.1, 0.15) is 22.4 Å². The molecule has 1 heterocycles. The first-order valence-corrected chi connectivity index (χ1v) is 5.46. The minimum Gasteiger partial charge on any atom is -0.461 e. The summed E-state index contributed by atoms with van der Waals surface area (Å²) >= 11 is 1.33. The van der Waals surface area contributed by atoms with Gasteiger partial charge in [0.25, 0.3) is 0 Å². The van der Waals surface area contributed by atoms with Crippen LogP contribution >= 0.6 is 11.3 Å². The molecule has 1 rings (SSSR count). The Labute approximate surface area is 96.2 Å². The Morgan fingerprint density at radius 1 is 1.81 bits per heavy atom. The van der Waals surface area contributed by atoms with E-state index in [-0.39, 0.29) is 6.54 Å². The van der Waals surface area contributed by atoms with Gasteiger partial charge in [0.2, 0.25) is 0 Å². The summed E-state index contributed by atoms with van der Waals surface area (Å²) in [6, 6.07) is 0. The third-order valence-corrected chi connectivity index (χ3v) is 2.33. The van der Waals surface area contributed by atoms with Crippen LogP contribution in [0.25, 0.3) is 16.5 Å². The molecule has 16 heavy (non-hydrogen) atoms. The van der Waals surface area contributed by atoms with E-state index in [0.717, 1.165) is 0 Å². The lowest BCUT2D eigenvalue weighted by molar-refractivity contribution is 0.0520. The summed E-state index contributed by atoms with van der Waals surface area (Å²) in [7, 11) is 0. The maximum Gasteiger partial charge on any atom is 0.357 e. The molecule has 84 valence electrons. The fourth-order valence-electron chi connectivity index (χ4n) is 0.900. The average Bonchev–Trinajstić information content (AvgIpc) is 2.73. The van der Waals surface area contributed by atoms with Crippen molar-refractivity contribution in [2.24, 2.45) is 5.11 Å². The van der Waals surface area contributed by atoms with Crippen molar-refractivity contribution in [2.75, 3.05) is 13.2 Å². The molecule has 0 atom stereocenters. The van der Waals surface area contributed by atoms with Gasteiger partial charge in [-0.15, -0.1) is 11.3 Å². The molecule has 0 fully saturated rings. The monoisotopic (exact) mass is 238 g/mol. The normalized spacial score (nSPS) is 10.1. The Morgan fingerprint density at radius 2 is 2.62 bits per heavy atom. The van der Waals surface area contributed by atoms with Crippen molar-refractivity contribution >= 4 is 23.4 Å². The fourth-order valence-corrected chi connectivity index (χ4v) is 1.61. The molecule has 0 aliphatic carbocycles. The third-order valence-electron chi connectivity index (χ3n) is 1.52. The maximum atomic E-state index is 11.3. The number of hydrogen-bond donors (Lipinski definition) is 0. The zero-order valence-corrected chi connectivity index (χ0v) is 9.48. The Kier molecular flexibility index (Phi) is 5.04. The predicted molar refractivity (Wildman–Crippen MR) is 61.1 cm³/mol. The molecule has 0 radical (unpaired) electrons. The number of carbonyl (C=O) groups is 1. The van der Waals surface area contributed by atoms with Crippen LogP contribution in [0.2, 0.25) is 0 Å². The minimum atomic E-state index is -0.423. The first-order chi connectivity index (χ1) is 7.77. The molecule has 7 heteroatoms. The zero-order valence-electron chi connectivity index (χ0n) is 8.66. The quantitative estimate of drug-likeness (QED) is 0.342. The van der Waals surface area contributed by atoms with Crippen LogP contribution < -0.4 is 0 Å². The molecule has 0 amide bonds. The smallest absolute Gasteiger partial charge is 0.357 e. The molecule has 0 aromatic carbocycles. The number of rotatable bonds is 5. The average molecular weight is 238 g/mol. The Bertz CT molecular complexity index is 434. The van der Waals surface area contributed by atoms with E-state index in [1.165, 1.54) is 11.3 Å². The van der Waals surface area contributed by atoms with Crippen molar-refractivity contribution in [3.8, 4) is 0 Å². The van der Waals surface area contributed by atoms with Crippen molar-refractivity contribution in [2.45, 2.75) is 6.92 Å². The number of aromatic nitrogens is 1. The Morgan fingerprint density at radius 3 is 3.31 bits per heavy atom. The highest BCUT2D eigenvalue weighted by atomic mass is 32.1. The highest BCUT2D eigenvalue weighted by Gasteiger charge is 2.09. The van der Waals surface area contributed by atoms with E-state index in [2.05, 4.69) is 15.0 Å². The van der Waals surface area contributed by atoms with E-state index in [1.807, 2.05) is 0 Å². The predicted octanol–water partition coefficient (Wildman–Crippen LogP) is 2.64. The zero-order chi connectivity index (χ0) is 11.8. The number of hydrogen-bond acceptors (Lipinski definition) is 5. The topological polar surface area (TPSA) is 88.0 Å². The second kappa shape index (κ2) is 6.60. The third kappa shape index (κ3) is 3.72. The summed E-state index contributed by atoms with van der Waals surface area (Å²) < 4.78 is 4.80. The number of carbonyl (C=O) groups excluding carboxylic acids is 1. The second-order valence-electron chi connectivity index (χ2n) is 2.61. The molecular weight excluding hydrogens is 228 g/mol. The molecule has 0 spiro atoms. The SMILES string of the molecule is CCOC(=O)c1csc(C=CCN=[N+]=[N-])n1. The van der Waals surface area contributed by atoms with E-state index < -0.39 is 5.97 Å². The molecule has 0 saturated heterocycles. The Balaban J connectivity index is 2.60. The molecule has 1 aromatic rings. The molecule has 0 bridgehead atoms. The van der Waals surface area contributed by atoms with Gasteiger partial charge in [-0.2, -0.15) is 0 Å². The molecule has 0 aliphatic rings. The lowest BCUT2D eigenvalue weighted by Crippen LogP contribution is -2.04. The van der Waals surface area contributed by atoms with Gasteiger partial charge in [0, 0.05) is 16.8 Å². The van der Waals surface area contributed by atoms with E-state index in [4.69, 9.17) is 10.3 Å². The summed E-state index contributed by atoms with van der Waals surface area (Å²) in [6.07, 6.45) is 3.37. The lowest BCUT2D eigenvalue weighted by atomic mass is 10.5. The fraction of sp³-hybridized carbons (Fsp3) is 0.333. The van der Waals surface area contributed by atoms with Crippen LogP contribution in [0.5, 0.6) is 0 Å². The van der Waals surface area contributed by atoms with E-state index in [9.17, 15) is 4.79 Å². The number of esters is 1. The van der Waals surface area contributed by atoms with E-state index in [1.54, 1.807) is 24.5 Å². The summed E-state index contributed by atoms with van der Waals surface area (Å²) in [4.78, 5) is 17.9. The van der Waals surface area contributed by atoms with Crippen LogP contribution in [-0.2, 0) is 4.74 Å². The van der Waals surface area contributed by atoms with Crippen LogP contribution in [0.4, 0.5) is 0 Å². The summed E-state index contributed by atoms with van der Waals surface area (Å²) in [5.41, 5.74) is 8.35. The summed E-state index contributed by atoms with van der Waals surface area (Å²) in [6.45, 7) is 2.34. The van der Waals surface area contributed by atoms with Crippen molar-refractivity contribution in [3.63, 3.8) is 0 Å². The van der Waals surface area contributed by atoms with Gasteiger partial charge >= 0.3 is 5.97 Å². The largest absolute Gasteiger partial charge is 0.461 e. The van der Waals surface area contributed by atoms with Gasteiger partial charge in [-0.1, -0.05) is 11.2 Å². The summed E-state index contributed by atoms with van der Waals surface area (Å²) in [5, 5.41) is 5.64. The molecular formula is C9H10N4O2S. The maximum absolute atomic E-state index is 11.3. The molecule has 0 saturated carbocycles. The van der Waals surface area contributed by atoms with Crippen molar-refractivity contribution < 1.29 is 9.53 Å². The minimum absolute atomic E-state index is 0.269. The summed E-state index contributed by atoms with van der Waals surface area (Å²) in [5.74, 6) is -0.423. The van der Waals surface area contributed by atoms with E-state index >= 15 is 0 Å². The second-order valence-corrected chi connectivity index (χ2v) is 3.50. The van der Waals surface area contributed by atoms with Crippen molar-refractivity contribution in [1.82, 2.24) is 4.98 Å². The number of azide groups is 1. The number of nitrogens with zero attached hydrogens (tertiary/aromatic N) is 4. The first-order valence-electron chi connectivity index (χ1n) is 4.58. The van der Waals surface area contributed by atoms with Crippen LogP contribution in [0.15, 0.2) is 16.6 Å². The molecule has 0 N–H and O–H groups in total. The van der Waals surface area contributed by atoms with Gasteiger partial charge in [0.05, 0.1) is 6.61 Å². The van der Waals surface area contributed by atoms with Gasteiger partial charge < -0.3 is 4.74 Å². The molecule has 0 aliphatic heterocycles. The van der Waals surface area contributed by atoms with Crippen LogP contribution in [0, 0.1) is 0 Å². The number of thiazole rings is 1. The van der Waals surface area contributed by atoms with Gasteiger partial charge in [0.1, 0.15) is 5.01 Å². The lowest BCUT2D eigenvalue weighted by Gasteiger charge is -1.95. The van der Waals surface area contributed by atoms with Gasteiger partial charge in [-0.05, 0) is 18.5 Å². The highest BCUT2D eigenvalue weighted by Crippen LogP contribution is 2.12. The van der Waals surface area contributed by atoms with E-state index in [0.29, 0.717) is 17.3 Å². The molecule has 1 aromatic heterocycles. The van der Waals surface area contributed by atoms with Gasteiger partial charge in [-0.25, -0.2) is 9.78 Å². The Hall–Kier alpha value is -1.85. The van der Waals surface area contributed by atoms with Gasteiger partial charge in [0.15, 0.2) is 5.69 Å². The van der Waals surface area contributed by atoms with Crippen molar-refractivity contribution in [3.05, 3.63) is 32.6 Å². The standard InChI is InChI=1S/C9H10N4O2S/c1-2-15-9(14)7-6-16-8(12-7)4-3-5-11-13-10/h3-4,6H,2,5H2,1H3. The van der Waals surface area contributed by atoms with Gasteiger partial charge in [-0.3, -0.25) is 0 Å². The van der Waals surface area contributed by atoms with Crippen LogP contribution in [0.3, 0.4) is 0 Å². The first kappa shape index (κ1) is 12.2. The molecule has 0 unspecified atom stereocenters. The molecule has 6 nitrogen and oxygen atoms in total. The highest BCUT2D eigenvalue weighted by molar-refractivity contribution is 7.10. The van der Waals surface area contributed by atoms with Crippen LogP contribution in [-0.4, -0.2) is 24.1 Å². The van der Waals surface area contributed by atoms with Crippen molar-refractivity contribution in [1.29, 1.82) is 0 Å². The number of ether oxygens (including phenoxy) is 1.